The molecule has 0 saturated carbocycles. The molecule has 0 radical (unpaired) electrons. The maximum Gasteiger partial charge on any atom is 0.224 e. The fraction of sp³-hybridized carbons (Fsp3) is 0.500. The second-order valence-corrected chi connectivity index (χ2v) is 6.51. The smallest absolute Gasteiger partial charge is 0.224 e. The lowest BCUT2D eigenvalue weighted by Crippen LogP contribution is -2.51. The Hall–Kier alpha value is -2.62. The number of nitrogens with zero attached hydrogens (tertiary/aromatic N) is 3. The zero-order chi connectivity index (χ0) is 17.8. The third-order valence-corrected chi connectivity index (χ3v) is 4.79. The van der Waals surface area contributed by atoms with Crippen molar-refractivity contribution < 1.29 is 14.0 Å². The van der Waals surface area contributed by atoms with Crippen molar-refractivity contribution in [2.45, 2.75) is 31.7 Å². The van der Waals surface area contributed by atoms with Crippen molar-refractivity contribution in [1.82, 2.24) is 10.2 Å². The zero-order valence-corrected chi connectivity index (χ0v) is 14.0. The van der Waals surface area contributed by atoms with Crippen molar-refractivity contribution in [3.8, 4) is 6.07 Å². The maximum absolute atomic E-state index is 14.1. The Morgan fingerprint density at radius 1 is 1.32 bits per heavy atom. The molecule has 2 amide bonds. The molecule has 132 valence electrons. The monoisotopic (exact) mass is 344 g/mol. The van der Waals surface area contributed by atoms with Gasteiger partial charge in [0.05, 0.1) is 17.3 Å². The average molecular weight is 344 g/mol. The summed E-state index contributed by atoms with van der Waals surface area (Å²) in [7, 11) is 0. The molecule has 2 saturated heterocycles. The van der Waals surface area contributed by atoms with Gasteiger partial charge in [0.2, 0.25) is 11.8 Å². The van der Waals surface area contributed by atoms with Gasteiger partial charge >= 0.3 is 0 Å². The highest BCUT2D eigenvalue weighted by molar-refractivity contribution is 5.80. The lowest BCUT2D eigenvalue weighted by atomic mass is 10.0. The van der Waals surface area contributed by atoms with Gasteiger partial charge in [0.15, 0.2) is 0 Å². The first kappa shape index (κ1) is 17.2. The Morgan fingerprint density at radius 3 is 2.72 bits per heavy atom. The third-order valence-electron chi connectivity index (χ3n) is 4.79. The Balaban J connectivity index is 1.54. The van der Waals surface area contributed by atoms with Gasteiger partial charge in [-0.05, 0) is 31.0 Å². The molecule has 3 rings (SSSR count). The van der Waals surface area contributed by atoms with Gasteiger partial charge in [-0.15, -0.1) is 0 Å². The van der Waals surface area contributed by atoms with E-state index in [1.807, 2.05) is 11.0 Å². The van der Waals surface area contributed by atoms with Crippen LogP contribution in [0.4, 0.5) is 10.1 Å². The molecule has 0 aromatic heterocycles. The van der Waals surface area contributed by atoms with Gasteiger partial charge < -0.3 is 15.1 Å². The zero-order valence-electron chi connectivity index (χ0n) is 14.0. The quantitative estimate of drug-likeness (QED) is 0.899. The highest BCUT2D eigenvalue weighted by atomic mass is 19.1. The maximum atomic E-state index is 14.1. The lowest BCUT2D eigenvalue weighted by Gasteiger charge is -2.37. The highest BCUT2D eigenvalue weighted by Gasteiger charge is 2.26. The molecule has 0 spiro atoms. The number of piperidine rings is 1. The van der Waals surface area contributed by atoms with Crippen LogP contribution in [0.3, 0.4) is 0 Å². The number of carbonyl (C=O) groups is 2. The standard InChI is InChI=1S/C18H21FN4O2/c19-15-10-13(12-20)4-5-16(15)22-6-8-23(9-7-22)18(25)11-14-2-1-3-17(24)21-14/h4-5,10,14H,1-3,6-9,11H2,(H,21,24). The summed E-state index contributed by atoms with van der Waals surface area (Å²) in [4.78, 5) is 27.5. The number of nitrogens with one attached hydrogen (secondary N) is 1. The summed E-state index contributed by atoms with van der Waals surface area (Å²) in [6.45, 7) is 2.15. The largest absolute Gasteiger partial charge is 0.366 e. The minimum Gasteiger partial charge on any atom is -0.366 e. The van der Waals surface area contributed by atoms with E-state index in [1.165, 1.54) is 6.07 Å². The van der Waals surface area contributed by atoms with Crippen LogP contribution in [-0.2, 0) is 9.59 Å². The molecule has 7 heteroatoms. The van der Waals surface area contributed by atoms with Gasteiger partial charge in [0, 0.05) is 45.1 Å². The molecule has 6 nitrogen and oxygen atoms in total. The van der Waals surface area contributed by atoms with Crippen LogP contribution in [0.5, 0.6) is 0 Å². The Labute approximate surface area is 146 Å². The number of piperazine rings is 1. The van der Waals surface area contributed by atoms with Gasteiger partial charge in [0.25, 0.3) is 0 Å². The summed E-state index contributed by atoms with van der Waals surface area (Å²) in [5, 5.41) is 11.7. The predicted molar refractivity (Wildman–Crippen MR) is 90.3 cm³/mol. The number of benzene rings is 1. The summed E-state index contributed by atoms with van der Waals surface area (Å²) in [5.74, 6) is -0.360. The van der Waals surface area contributed by atoms with Crippen molar-refractivity contribution >= 4 is 17.5 Å². The molecular weight excluding hydrogens is 323 g/mol. The molecule has 1 atom stereocenters. The van der Waals surface area contributed by atoms with Crippen molar-refractivity contribution in [1.29, 1.82) is 5.26 Å². The van der Waals surface area contributed by atoms with Gasteiger partial charge in [-0.3, -0.25) is 9.59 Å². The van der Waals surface area contributed by atoms with Crippen molar-refractivity contribution in [3.05, 3.63) is 29.6 Å². The molecule has 2 aliphatic rings. The van der Waals surface area contributed by atoms with Crippen LogP contribution in [-0.4, -0.2) is 48.9 Å². The number of halogens is 1. The first-order valence-electron chi connectivity index (χ1n) is 8.58. The Morgan fingerprint density at radius 2 is 2.08 bits per heavy atom. The summed E-state index contributed by atoms with van der Waals surface area (Å²) in [5.41, 5.74) is 0.759. The Kier molecular flexibility index (Phi) is 5.17. The van der Waals surface area contributed by atoms with Crippen molar-refractivity contribution in [2.24, 2.45) is 0 Å². The molecule has 2 fully saturated rings. The number of anilines is 1. The molecule has 1 aromatic carbocycles. The molecule has 0 bridgehead atoms. The second-order valence-electron chi connectivity index (χ2n) is 6.51. The Bertz CT molecular complexity index is 708. The number of nitriles is 1. The summed E-state index contributed by atoms with van der Waals surface area (Å²) >= 11 is 0. The number of amides is 2. The summed E-state index contributed by atoms with van der Waals surface area (Å²) in [6.07, 6.45) is 2.54. The third kappa shape index (κ3) is 4.08. The van der Waals surface area contributed by atoms with E-state index >= 15 is 0 Å². The van der Waals surface area contributed by atoms with Crippen LogP contribution in [0.25, 0.3) is 0 Å². The SMILES string of the molecule is N#Cc1ccc(N2CCN(C(=O)CC3CCCC(=O)N3)CC2)c(F)c1. The normalized spacial score (nSPS) is 20.8. The van der Waals surface area contributed by atoms with E-state index in [-0.39, 0.29) is 17.9 Å². The lowest BCUT2D eigenvalue weighted by molar-refractivity contribution is -0.132. The molecule has 0 aliphatic carbocycles. The van der Waals surface area contributed by atoms with Crippen LogP contribution in [0.1, 0.15) is 31.2 Å². The van der Waals surface area contributed by atoms with Gasteiger partial charge in [-0.2, -0.15) is 5.26 Å². The predicted octanol–water partition coefficient (Wildman–Crippen LogP) is 1.40. The molecular formula is C18H21FN4O2. The van der Waals surface area contributed by atoms with Gasteiger partial charge in [-0.1, -0.05) is 0 Å². The topological polar surface area (TPSA) is 76.4 Å². The summed E-state index contributed by atoms with van der Waals surface area (Å²) in [6, 6.07) is 6.30. The van der Waals surface area contributed by atoms with E-state index in [0.717, 1.165) is 12.8 Å². The van der Waals surface area contributed by atoms with Gasteiger partial charge in [0.1, 0.15) is 5.82 Å². The molecule has 1 aromatic rings. The molecule has 2 heterocycles. The molecule has 2 aliphatic heterocycles. The first-order valence-corrected chi connectivity index (χ1v) is 8.58. The van der Waals surface area contributed by atoms with Crippen molar-refractivity contribution in [3.63, 3.8) is 0 Å². The minimum absolute atomic E-state index is 0.0187. The number of rotatable bonds is 3. The van der Waals surface area contributed by atoms with E-state index in [2.05, 4.69) is 5.32 Å². The van der Waals surface area contributed by atoms with E-state index < -0.39 is 5.82 Å². The fourth-order valence-electron chi connectivity index (χ4n) is 3.40. The molecule has 1 N–H and O–H groups in total. The van der Waals surface area contributed by atoms with Crippen LogP contribution in [0, 0.1) is 17.1 Å². The first-order chi connectivity index (χ1) is 12.1. The number of hydrogen-bond acceptors (Lipinski definition) is 4. The van der Waals surface area contributed by atoms with Crippen LogP contribution in [0.15, 0.2) is 18.2 Å². The van der Waals surface area contributed by atoms with Crippen LogP contribution >= 0.6 is 0 Å². The van der Waals surface area contributed by atoms with E-state index in [0.29, 0.717) is 50.3 Å². The van der Waals surface area contributed by atoms with Crippen LogP contribution in [0.2, 0.25) is 0 Å². The number of carbonyl (C=O) groups excluding carboxylic acids is 2. The average Bonchev–Trinajstić information content (AvgIpc) is 2.62. The van der Waals surface area contributed by atoms with E-state index in [4.69, 9.17) is 5.26 Å². The fourth-order valence-corrected chi connectivity index (χ4v) is 3.40. The van der Waals surface area contributed by atoms with E-state index in [9.17, 15) is 14.0 Å². The van der Waals surface area contributed by atoms with Gasteiger partial charge in [-0.25, -0.2) is 4.39 Å². The minimum atomic E-state index is -0.413. The van der Waals surface area contributed by atoms with Crippen molar-refractivity contribution in [2.75, 3.05) is 31.1 Å². The number of hydrogen-bond donors (Lipinski definition) is 1. The molecule has 25 heavy (non-hydrogen) atoms. The summed E-state index contributed by atoms with van der Waals surface area (Å²) < 4.78 is 14.1. The van der Waals surface area contributed by atoms with E-state index in [1.54, 1.807) is 17.0 Å². The highest BCUT2D eigenvalue weighted by Crippen LogP contribution is 2.22. The molecule has 1 unspecified atom stereocenters. The second kappa shape index (κ2) is 7.51. The van der Waals surface area contributed by atoms with Crippen LogP contribution < -0.4 is 10.2 Å².